The molecular weight excluding hydrogens is 275 g/mol. The van der Waals surface area contributed by atoms with E-state index in [-0.39, 0.29) is 5.78 Å². The third-order valence-electron chi connectivity index (χ3n) is 1.51. The molecule has 0 unspecified atom stereocenters. The van der Waals surface area contributed by atoms with Crippen LogP contribution in [0.3, 0.4) is 0 Å². The van der Waals surface area contributed by atoms with Crippen LogP contribution in [-0.2, 0) is 0 Å². The van der Waals surface area contributed by atoms with E-state index in [9.17, 15) is 4.79 Å². The van der Waals surface area contributed by atoms with Crippen molar-refractivity contribution >= 4 is 44.9 Å². The molecule has 1 nitrogen and oxygen atoms in total. The molecule has 0 aromatic heterocycles. The molecule has 0 saturated carbocycles. The van der Waals surface area contributed by atoms with Crippen LogP contribution in [0.1, 0.15) is 16.8 Å². The van der Waals surface area contributed by atoms with Gasteiger partial charge in [0.25, 0.3) is 0 Å². The molecular formula is C9H7BrCl2O. The summed E-state index contributed by atoms with van der Waals surface area (Å²) in [4.78, 5) is 11.4. The van der Waals surface area contributed by atoms with Gasteiger partial charge in [0.1, 0.15) is 0 Å². The Morgan fingerprint density at radius 1 is 1.23 bits per heavy atom. The van der Waals surface area contributed by atoms with Gasteiger partial charge in [0, 0.05) is 27.4 Å². The number of halogens is 3. The highest BCUT2D eigenvalue weighted by atomic mass is 79.9. The van der Waals surface area contributed by atoms with Gasteiger partial charge in [-0.25, -0.2) is 0 Å². The third kappa shape index (κ3) is 3.29. The van der Waals surface area contributed by atoms with Gasteiger partial charge in [0.2, 0.25) is 0 Å². The standard InChI is InChI=1S/C9H7BrCl2O/c10-2-1-9(13)6-3-7(11)5-8(12)4-6/h3-5H,1-2H2. The minimum absolute atomic E-state index is 0.0428. The summed E-state index contributed by atoms with van der Waals surface area (Å²) in [5, 5.41) is 1.63. The van der Waals surface area contributed by atoms with Crippen molar-refractivity contribution in [3.05, 3.63) is 33.8 Å². The van der Waals surface area contributed by atoms with E-state index in [1.165, 1.54) is 0 Å². The quantitative estimate of drug-likeness (QED) is 0.605. The van der Waals surface area contributed by atoms with Crippen molar-refractivity contribution in [3.63, 3.8) is 0 Å². The van der Waals surface area contributed by atoms with Gasteiger partial charge in [-0.15, -0.1) is 0 Å². The first-order chi connectivity index (χ1) is 6.13. The fourth-order valence-corrected chi connectivity index (χ4v) is 1.83. The fraction of sp³-hybridized carbons (Fsp3) is 0.222. The van der Waals surface area contributed by atoms with Crippen LogP contribution in [0.5, 0.6) is 0 Å². The van der Waals surface area contributed by atoms with E-state index in [1.807, 2.05) is 0 Å². The van der Waals surface area contributed by atoms with Gasteiger partial charge < -0.3 is 0 Å². The number of carbonyl (C=O) groups is 1. The number of hydrogen-bond acceptors (Lipinski definition) is 1. The Kier molecular flexibility index (Phi) is 4.23. The van der Waals surface area contributed by atoms with Crippen molar-refractivity contribution in [1.82, 2.24) is 0 Å². The zero-order chi connectivity index (χ0) is 9.84. The second-order valence-corrected chi connectivity index (χ2v) is 4.19. The maximum absolute atomic E-state index is 11.4. The lowest BCUT2D eigenvalue weighted by atomic mass is 10.1. The van der Waals surface area contributed by atoms with E-state index >= 15 is 0 Å². The molecule has 0 atom stereocenters. The van der Waals surface area contributed by atoms with Crippen LogP contribution >= 0.6 is 39.1 Å². The summed E-state index contributed by atoms with van der Waals surface area (Å²) < 4.78 is 0. The lowest BCUT2D eigenvalue weighted by Gasteiger charge is -2.00. The summed E-state index contributed by atoms with van der Waals surface area (Å²) >= 11 is 14.7. The molecule has 4 heteroatoms. The number of ketones is 1. The van der Waals surface area contributed by atoms with Crippen LogP contribution in [0.2, 0.25) is 10.0 Å². The summed E-state index contributed by atoms with van der Waals surface area (Å²) in [5.74, 6) is 0.0428. The third-order valence-corrected chi connectivity index (χ3v) is 2.34. The number of carbonyl (C=O) groups excluding carboxylic acids is 1. The number of rotatable bonds is 3. The molecule has 1 aromatic rings. The van der Waals surface area contributed by atoms with Gasteiger partial charge in [-0.1, -0.05) is 39.1 Å². The van der Waals surface area contributed by atoms with Crippen molar-refractivity contribution in [2.75, 3.05) is 5.33 Å². The second-order valence-electron chi connectivity index (χ2n) is 2.52. The fourth-order valence-electron chi connectivity index (χ4n) is 0.945. The zero-order valence-electron chi connectivity index (χ0n) is 6.69. The summed E-state index contributed by atoms with van der Waals surface area (Å²) in [7, 11) is 0. The topological polar surface area (TPSA) is 17.1 Å². The molecule has 0 radical (unpaired) electrons. The van der Waals surface area contributed by atoms with Gasteiger partial charge in [-0.2, -0.15) is 0 Å². The summed E-state index contributed by atoms with van der Waals surface area (Å²) in [6.45, 7) is 0. The van der Waals surface area contributed by atoms with Crippen LogP contribution in [0, 0.1) is 0 Å². The maximum atomic E-state index is 11.4. The molecule has 0 aliphatic rings. The smallest absolute Gasteiger partial charge is 0.163 e. The van der Waals surface area contributed by atoms with E-state index in [4.69, 9.17) is 23.2 Å². The molecule has 0 heterocycles. The van der Waals surface area contributed by atoms with Crippen LogP contribution < -0.4 is 0 Å². The highest BCUT2D eigenvalue weighted by Gasteiger charge is 2.06. The Morgan fingerprint density at radius 2 is 1.77 bits per heavy atom. The van der Waals surface area contributed by atoms with Crippen LogP contribution in [-0.4, -0.2) is 11.1 Å². The first-order valence-electron chi connectivity index (χ1n) is 3.68. The van der Waals surface area contributed by atoms with Gasteiger partial charge in [0.15, 0.2) is 5.78 Å². The Morgan fingerprint density at radius 3 is 2.23 bits per heavy atom. The highest BCUT2D eigenvalue weighted by molar-refractivity contribution is 9.09. The summed E-state index contributed by atoms with van der Waals surface area (Å²) in [5.41, 5.74) is 0.567. The van der Waals surface area contributed by atoms with E-state index in [0.29, 0.717) is 27.4 Å². The molecule has 0 amide bonds. The van der Waals surface area contributed by atoms with Crippen molar-refractivity contribution in [2.45, 2.75) is 6.42 Å². The van der Waals surface area contributed by atoms with Gasteiger partial charge in [-0.05, 0) is 18.2 Å². The largest absolute Gasteiger partial charge is 0.294 e. The minimum atomic E-state index is 0.0428. The van der Waals surface area contributed by atoms with Crippen LogP contribution in [0.25, 0.3) is 0 Å². The van der Waals surface area contributed by atoms with E-state index < -0.39 is 0 Å². The van der Waals surface area contributed by atoms with E-state index in [0.717, 1.165) is 0 Å². The number of benzene rings is 1. The molecule has 0 aliphatic carbocycles. The first kappa shape index (κ1) is 11.0. The average Bonchev–Trinajstić information content (AvgIpc) is 2.03. The maximum Gasteiger partial charge on any atom is 0.163 e. The van der Waals surface area contributed by atoms with Crippen molar-refractivity contribution in [1.29, 1.82) is 0 Å². The SMILES string of the molecule is O=C(CCBr)c1cc(Cl)cc(Cl)c1. The number of alkyl halides is 1. The molecule has 13 heavy (non-hydrogen) atoms. The number of hydrogen-bond donors (Lipinski definition) is 0. The molecule has 0 N–H and O–H groups in total. The highest BCUT2D eigenvalue weighted by Crippen LogP contribution is 2.20. The summed E-state index contributed by atoms with van der Waals surface area (Å²) in [6.07, 6.45) is 0.455. The average molecular weight is 282 g/mol. The normalized spacial score (nSPS) is 10.1. The molecule has 1 rings (SSSR count). The Hall–Kier alpha value is -0.0500. The Bertz CT molecular complexity index is 305. The molecule has 70 valence electrons. The van der Waals surface area contributed by atoms with Crippen LogP contribution in [0.4, 0.5) is 0 Å². The van der Waals surface area contributed by atoms with Gasteiger partial charge in [0.05, 0.1) is 0 Å². The van der Waals surface area contributed by atoms with Crippen molar-refractivity contribution in [3.8, 4) is 0 Å². The van der Waals surface area contributed by atoms with Crippen molar-refractivity contribution in [2.24, 2.45) is 0 Å². The first-order valence-corrected chi connectivity index (χ1v) is 5.56. The lowest BCUT2D eigenvalue weighted by molar-refractivity contribution is 0.0990. The molecule has 0 aliphatic heterocycles. The van der Waals surface area contributed by atoms with E-state index in [1.54, 1.807) is 18.2 Å². The van der Waals surface area contributed by atoms with Crippen LogP contribution in [0.15, 0.2) is 18.2 Å². The Labute approximate surface area is 95.2 Å². The summed E-state index contributed by atoms with van der Waals surface area (Å²) in [6, 6.07) is 4.85. The molecule has 0 spiro atoms. The molecule has 0 saturated heterocycles. The molecule has 1 aromatic carbocycles. The van der Waals surface area contributed by atoms with E-state index in [2.05, 4.69) is 15.9 Å². The molecule has 0 bridgehead atoms. The monoisotopic (exact) mass is 280 g/mol. The van der Waals surface area contributed by atoms with Crippen molar-refractivity contribution < 1.29 is 4.79 Å². The van der Waals surface area contributed by atoms with Gasteiger partial charge >= 0.3 is 0 Å². The predicted octanol–water partition coefficient (Wildman–Crippen LogP) is 3.96. The second kappa shape index (κ2) is 4.99. The number of Topliss-reactive ketones (excluding diaryl/α,β-unsaturated/α-hetero) is 1. The lowest BCUT2D eigenvalue weighted by Crippen LogP contribution is -1.99. The van der Waals surface area contributed by atoms with Gasteiger partial charge in [-0.3, -0.25) is 4.79 Å². The minimum Gasteiger partial charge on any atom is -0.294 e. The predicted molar refractivity (Wildman–Crippen MR) is 59.2 cm³/mol. The Balaban J connectivity index is 2.94. The molecule has 0 fully saturated rings. The zero-order valence-corrected chi connectivity index (χ0v) is 9.79.